The molecule has 0 saturated heterocycles. The summed E-state index contributed by atoms with van der Waals surface area (Å²) in [7, 11) is 0. The summed E-state index contributed by atoms with van der Waals surface area (Å²) in [5, 5.41) is 3.27. The minimum Gasteiger partial charge on any atom is -0.423 e. The van der Waals surface area contributed by atoms with Gasteiger partial charge in [-0.2, -0.15) is 0 Å². The van der Waals surface area contributed by atoms with Gasteiger partial charge in [0.05, 0.1) is 0 Å². The van der Waals surface area contributed by atoms with Crippen LogP contribution in [0.25, 0.3) is 6.08 Å². The molecule has 2 rings (SSSR count). The Morgan fingerprint density at radius 2 is 1.68 bits per heavy atom. The second kappa shape index (κ2) is 7.43. The van der Waals surface area contributed by atoms with Crippen LogP contribution in [0.15, 0.2) is 54.6 Å². The Hall–Kier alpha value is -2.59. The quantitative estimate of drug-likeness (QED) is 0.528. The molecule has 2 aromatic carbocycles. The first-order valence-electron chi connectivity index (χ1n) is 6.56. The average Bonchev–Trinajstić information content (AvgIpc) is 2.48. The van der Waals surface area contributed by atoms with Crippen LogP contribution in [0, 0.1) is 0 Å². The SMILES string of the molecule is CC(=O)Nc1ccc(OC(=O)/C=C\c2ccc(Cl)cc2)cc1. The summed E-state index contributed by atoms with van der Waals surface area (Å²) >= 11 is 5.78. The molecule has 22 heavy (non-hydrogen) atoms. The van der Waals surface area contributed by atoms with Gasteiger partial charge < -0.3 is 10.1 Å². The molecule has 0 radical (unpaired) electrons. The minimum absolute atomic E-state index is 0.157. The number of nitrogens with one attached hydrogen (secondary N) is 1. The van der Waals surface area contributed by atoms with Crippen molar-refractivity contribution in [2.45, 2.75) is 6.92 Å². The van der Waals surface area contributed by atoms with E-state index >= 15 is 0 Å². The molecule has 0 spiro atoms. The number of halogens is 1. The fraction of sp³-hybridized carbons (Fsp3) is 0.0588. The Morgan fingerprint density at radius 1 is 1.05 bits per heavy atom. The van der Waals surface area contributed by atoms with Gasteiger partial charge in [-0.3, -0.25) is 4.79 Å². The third-order valence-electron chi connectivity index (χ3n) is 2.67. The highest BCUT2D eigenvalue weighted by Crippen LogP contribution is 2.16. The number of amides is 1. The third kappa shape index (κ3) is 5.07. The lowest BCUT2D eigenvalue weighted by Gasteiger charge is -2.04. The molecule has 4 nitrogen and oxygen atoms in total. The molecule has 0 aliphatic carbocycles. The van der Waals surface area contributed by atoms with Crippen molar-refractivity contribution < 1.29 is 14.3 Å². The number of hydrogen-bond acceptors (Lipinski definition) is 3. The average molecular weight is 316 g/mol. The van der Waals surface area contributed by atoms with Gasteiger partial charge in [-0.15, -0.1) is 0 Å². The van der Waals surface area contributed by atoms with Crippen molar-refractivity contribution in [3.05, 3.63) is 65.2 Å². The van der Waals surface area contributed by atoms with Crippen molar-refractivity contribution in [3.8, 4) is 5.75 Å². The van der Waals surface area contributed by atoms with Crippen molar-refractivity contribution in [2.24, 2.45) is 0 Å². The fourth-order valence-electron chi connectivity index (χ4n) is 1.70. The fourth-order valence-corrected chi connectivity index (χ4v) is 1.82. The molecule has 0 aliphatic rings. The number of ether oxygens (including phenoxy) is 1. The van der Waals surface area contributed by atoms with Crippen LogP contribution in [0.3, 0.4) is 0 Å². The molecule has 0 heterocycles. The van der Waals surface area contributed by atoms with E-state index in [9.17, 15) is 9.59 Å². The van der Waals surface area contributed by atoms with Gasteiger partial charge in [0, 0.05) is 23.7 Å². The molecular formula is C17H14ClNO3. The lowest BCUT2D eigenvalue weighted by Crippen LogP contribution is -2.06. The van der Waals surface area contributed by atoms with Crippen LogP contribution in [0.4, 0.5) is 5.69 Å². The topological polar surface area (TPSA) is 55.4 Å². The molecule has 0 bridgehead atoms. The van der Waals surface area contributed by atoms with Gasteiger partial charge in [-0.05, 0) is 48.0 Å². The summed E-state index contributed by atoms with van der Waals surface area (Å²) in [4.78, 5) is 22.6. The second-order valence-corrected chi connectivity index (χ2v) is 4.95. The normalized spacial score (nSPS) is 10.5. The second-order valence-electron chi connectivity index (χ2n) is 4.51. The Labute approximate surface area is 133 Å². The molecule has 5 heteroatoms. The molecule has 0 unspecified atom stereocenters. The van der Waals surface area contributed by atoms with Crippen LogP contribution in [0.2, 0.25) is 5.02 Å². The van der Waals surface area contributed by atoms with Gasteiger partial charge in [0.25, 0.3) is 0 Å². The summed E-state index contributed by atoms with van der Waals surface area (Å²) in [6, 6.07) is 13.6. The smallest absolute Gasteiger partial charge is 0.336 e. The van der Waals surface area contributed by atoms with Crippen LogP contribution in [-0.2, 0) is 9.59 Å². The summed E-state index contributed by atoms with van der Waals surface area (Å²) in [6.07, 6.45) is 2.98. The van der Waals surface area contributed by atoms with E-state index in [0.717, 1.165) is 5.56 Å². The minimum atomic E-state index is -0.484. The zero-order valence-electron chi connectivity index (χ0n) is 11.9. The van der Waals surface area contributed by atoms with Crippen molar-refractivity contribution in [1.29, 1.82) is 0 Å². The van der Waals surface area contributed by atoms with Crippen LogP contribution < -0.4 is 10.1 Å². The molecule has 0 saturated carbocycles. The van der Waals surface area contributed by atoms with Crippen molar-refractivity contribution in [2.75, 3.05) is 5.32 Å². The summed E-state index contributed by atoms with van der Waals surface area (Å²) in [5.74, 6) is -0.238. The van der Waals surface area contributed by atoms with E-state index < -0.39 is 5.97 Å². The molecule has 0 aromatic heterocycles. The lowest BCUT2D eigenvalue weighted by atomic mass is 10.2. The van der Waals surface area contributed by atoms with E-state index in [-0.39, 0.29) is 5.91 Å². The summed E-state index contributed by atoms with van der Waals surface area (Å²) in [5.41, 5.74) is 1.49. The number of anilines is 1. The molecule has 0 fully saturated rings. The van der Waals surface area contributed by atoms with Gasteiger partial charge in [0.2, 0.25) is 5.91 Å². The first-order valence-corrected chi connectivity index (χ1v) is 6.94. The number of benzene rings is 2. The van der Waals surface area contributed by atoms with E-state index in [0.29, 0.717) is 16.5 Å². The number of esters is 1. The van der Waals surface area contributed by atoms with E-state index in [4.69, 9.17) is 16.3 Å². The van der Waals surface area contributed by atoms with Crippen molar-refractivity contribution >= 4 is 35.2 Å². The number of carbonyl (C=O) groups is 2. The monoisotopic (exact) mass is 315 g/mol. The van der Waals surface area contributed by atoms with Crippen LogP contribution in [0.1, 0.15) is 12.5 Å². The number of hydrogen-bond donors (Lipinski definition) is 1. The largest absolute Gasteiger partial charge is 0.423 e. The molecule has 0 aliphatic heterocycles. The van der Waals surface area contributed by atoms with Crippen LogP contribution in [-0.4, -0.2) is 11.9 Å². The van der Waals surface area contributed by atoms with Gasteiger partial charge in [-0.25, -0.2) is 4.79 Å². The predicted molar refractivity (Wildman–Crippen MR) is 86.9 cm³/mol. The molecule has 112 valence electrons. The third-order valence-corrected chi connectivity index (χ3v) is 2.93. The first kappa shape index (κ1) is 15.8. The van der Waals surface area contributed by atoms with E-state index in [1.165, 1.54) is 13.0 Å². The maximum absolute atomic E-state index is 11.7. The first-order chi connectivity index (χ1) is 10.5. The highest BCUT2D eigenvalue weighted by molar-refractivity contribution is 6.30. The Balaban J connectivity index is 1.94. The van der Waals surface area contributed by atoms with Crippen molar-refractivity contribution in [3.63, 3.8) is 0 Å². The molecule has 2 aromatic rings. The standard InChI is InChI=1S/C17H14ClNO3/c1-12(20)19-15-7-9-16(10-8-15)22-17(21)11-4-13-2-5-14(18)6-3-13/h2-11H,1H3,(H,19,20)/b11-4-. The highest BCUT2D eigenvalue weighted by atomic mass is 35.5. The molecule has 1 amide bonds. The molecule has 1 N–H and O–H groups in total. The summed E-state index contributed by atoms with van der Waals surface area (Å²) < 4.78 is 5.16. The zero-order chi connectivity index (χ0) is 15.9. The van der Waals surface area contributed by atoms with E-state index in [1.54, 1.807) is 54.6 Å². The van der Waals surface area contributed by atoms with E-state index in [2.05, 4.69) is 5.32 Å². The zero-order valence-corrected chi connectivity index (χ0v) is 12.6. The van der Waals surface area contributed by atoms with Gasteiger partial charge in [-0.1, -0.05) is 23.7 Å². The Kier molecular flexibility index (Phi) is 5.33. The maximum Gasteiger partial charge on any atom is 0.336 e. The highest BCUT2D eigenvalue weighted by Gasteiger charge is 2.01. The lowest BCUT2D eigenvalue weighted by molar-refractivity contribution is -0.128. The predicted octanol–water partition coefficient (Wildman–Crippen LogP) is 3.92. The van der Waals surface area contributed by atoms with Crippen LogP contribution >= 0.6 is 11.6 Å². The maximum atomic E-state index is 11.7. The van der Waals surface area contributed by atoms with Gasteiger partial charge >= 0.3 is 5.97 Å². The molecule has 0 atom stereocenters. The van der Waals surface area contributed by atoms with Gasteiger partial charge in [0.15, 0.2) is 0 Å². The number of rotatable bonds is 4. The Bertz CT molecular complexity index is 691. The molecular weight excluding hydrogens is 302 g/mol. The number of carbonyl (C=O) groups excluding carboxylic acids is 2. The van der Waals surface area contributed by atoms with E-state index in [1.807, 2.05) is 0 Å². The van der Waals surface area contributed by atoms with Gasteiger partial charge in [0.1, 0.15) is 5.75 Å². The Morgan fingerprint density at radius 3 is 2.27 bits per heavy atom. The van der Waals surface area contributed by atoms with Crippen molar-refractivity contribution in [1.82, 2.24) is 0 Å². The summed E-state index contributed by atoms with van der Waals surface area (Å²) in [6.45, 7) is 1.43. The van der Waals surface area contributed by atoms with Crippen LogP contribution in [0.5, 0.6) is 5.75 Å².